The highest BCUT2D eigenvalue weighted by Gasteiger charge is 2.62. The number of likely N-dealkylation sites (tertiary alicyclic amines) is 1. The van der Waals surface area contributed by atoms with E-state index in [1.807, 2.05) is 0 Å². The molecule has 2 bridgehead atoms. The summed E-state index contributed by atoms with van der Waals surface area (Å²) in [6, 6.07) is 0. The minimum Gasteiger partial charge on any atom is -0.373 e. The summed E-state index contributed by atoms with van der Waals surface area (Å²) in [6.07, 6.45) is 3.75. The highest BCUT2D eigenvalue weighted by atomic mass is 31.2. The van der Waals surface area contributed by atoms with E-state index in [4.69, 9.17) is 18.3 Å². The zero-order valence-corrected chi connectivity index (χ0v) is 16.3. The van der Waals surface area contributed by atoms with Crippen LogP contribution in [0.1, 0.15) is 46.0 Å². The smallest absolute Gasteiger partial charge is 0.373 e. The van der Waals surface area contributed by atoms with Gasteiger partial charge in [-0.2, -0.15) is 0 Å². The first-order valence-corrected chi connectivity index (χ1v) is 11.0. The zero-order chi connectivity index (χ0) is 18.7. The lowest BCUT2D eigenvalue weighted by Crippen LogP contribution is -2.35. The molecule has 0 aromatic rings. The molecule has 3 aliphatic heterocycles. The molecule has 9 heteroatoms. The Balaban J connectivity index is 1.37. The summed E-state index contributed by atoms with van der Waals surface area (Å²) in [5, 5.41) is 0. The van der Waals surface area contributed by atoms with E-state index in [0.717, 1.165) is 19.3 Å². The molecule has 3 heterocycles. The summed E-state index contributed by atoms with van der Waals surface area (Å²) in [5.74, 6) is -0.651. The summed E-state index contributed by atoms with van der Waals surface area (Å²) in [6.45, 7) is 4.65. The van der Waals surface area contributed by atoms with Gasteiger partial charge < -0.3 is 4.74 Å². The minimum atomic E-state index is -3.46. The van der Waals surface area contributed by atoms with E-state index >= 15 is 0 Å². The molecule has 0 radical (unpaired) electrons. The summed E-state index contributed by atoms with van der Waals surface area (Å²) >= 11 is 0. The van der Waals surface area contributed by atoms with E-state index in [-0.39, 0.29) is 55.7 Å². The number of carbonyl (C=O) groups is 2. The van der Waals surface area contributed by atoms with Crippen LogP contribution in [-0.2, 0) is 32.5 Å². The van der Waals surface area contributed by atoms with Crippen molar-refractivity contribution in [3.05, 3.63) is 0 Å². The lowest BCUT2D eigenvalue weighted by Gasteiger charge is -2.18. The van der Waals surface area contributed by atoms with E-state index in [0.29, 0.717) is 19.4 Å². The Bertz CT molecular complexity index is 545. The van der Waals surface area contributed by atoms with Gasteiger partial charge in [0.1, 0.15) is 0 Å². The van der Waals surface area contributed by atoms with Crippen LogP contribution in [0.4, 0.5) is 0 Å². The third-order valence-electron chi connectivity index (χ3n) is 5.23. The maximum atomic E-state index is 12.5. The molecule has 2 amide bonds. The number of phosphoric ester groups is 1. The first-order chi connectivity index (χ1) is 12.5. The number of ether oxygens (including phenoxy) is 1. The van der Waals surface area contributed by atoms with Gasteiger partial charge in [-0.3, -0.25) is 28.1 Å². The quantitative estimate of drug-likeness (QED) is 0.305. The Hall–Kier alpha value is -0.790. The van der Waals surface area contributed by atoms with Gasteiger partial charge >= 0.3 is 7.82 Å². The predicted molar refractivity (Wildman–Crippen MR) is 92.3 cm³/mol. The Morgan fingerprint density at radius 1 is 0.962 bits per heavy atom. The van der Waals surface area contributed by atoms with Crippen molar-refractivity contribution in [1.29, 1.82) is 0 Å². The van der Waals surface area contributed by atoms with Gasteiger partial charge in [-0.25, -0.2) is 4.57 Å². The summed E-state index contributed by atoms with van der Waals surface area (Å²) in [7, 11) is -3.46. The molecule has 4 atom stereocenters. The van der Waals surface area contributed by atoms with Crippen molar-refractivity contribution < 1.29 is 32.5 Å². The Morgan fingerprint density at radius 2 is 1.54 bits per heavy atom. The van der Waals surface area contributed by atoms with Crippen molar-refractivity contribution in [2.24, 2.45) is 11.8 Å². The Labute approximate surface area is 154 Å². The fourth-order valence-corrected chi connectivity index (χ4v) is 5.36. The minimum absolute atomic E-state index is 0.0638. The van der Waals surface area contributed by atoms with E-state index in [2.05, 4.69) is 0 Å². The number of nitrogens with zero attached hydrogens (tertiary/aromatic N) is 1. The van der Waals surface area contributed by atoms with Crippen LogP contribution in [0.5, 0.6) is 0 Å². The van der Waals surface area contributed by atoms with Crippen LogP contribution in [0.3, 0.4) is 0 Å². The highest BCUT2D eigenvalue weighted by molar-refractivity contribution is 7.48. The Kier molecular flexibility index (Phi) is 6.51. The largest absolute Gasteiger partial charge is 0.474 e. The number of rotatable bonds is 11. The number of fused-ring (bicyclic) bond motifs is 5. The van der Waals surface area contributed by atoms with Gasteiger partial charge in [-0.15, -0.1) is 0 Å². The van der Waals surface area contributed by atoms with E-state index < -0.39 is 7.82 Å². The van der Waals surface area contributed by atoms with Crippen LogP contribution in [0, 0.1) is 11.8 Å². The van der Waals surface area contributed by atoms with Crippen molar-refractivity contribution in [1.82, 2.24) is 4.90 Å². The molecule has 148 valence electrons. The first-order valence-electron chi connectivity index (χ1n) is 9.55. The van der Waals surface area contributed by atoms with Crippen LogP contribution >= 0.6 is 7.82 Å². The average Bonchev–Trinajstić information content (AvgIpc) is 3.27. The second-order valence-corrected chi connectivity index (χ2v) is 8.52. The molecule has 0 unspecified atom stereocenters. The van der Waals surface area contributed by atoms with Crippen molar-refractivity contribution in [3.8, 4) is 0 Å². The van der Waals surface area contributed by atoms with Crippen LogP contribution in [0.15, 0.2) is 0 Å². The summed E-state index contributed by atoms with van der Waals surface area (Å²) in [5.41, 5.74) is 0. The molecule has 0 aromatic carbocycles. The van der Waals surface area contributed by atoms with Crippen molar-refractivity contribution in [2.75, 3.05) is 26.4 Å². The summed E-state index contributed by atoms with van der Waals surface area (Å²) < 4.78 is 33.2. The molecule has 3 fully saturated rings. The maximum Gasteiger partial charge on any atom is 0.474 e. The van der Waals surface area contributed by atoms with Crippen LogP contribution in [0.2, 0.25) is 0 Å². The third kappa shape index (κ3) is 3.90. The monoisotopic (exact) mass is 389 g/mol. The van der Waals surface area contributed by atoms with Gasteiger partial charge in [0.15, 0.2) is 0 Å². The second-order valence-electron chi connectivity index (χ2n) is 6.85. The number of hydrogen-bond donors (Lipinski definition) is 0. The molecular weight excluding hydrogens is 361 g/mol. The standard InChI is InChI=1S/C17H28NO7P/c1-3-22-26(21,23-4-2)24-11-7-5-6-10-18-16(19)14-12-8-9-13(25-12)15(14)17(18)20/h12-15H,3-11H2,1-2H3/t12-,13+,14-,15+. The number of unbranched alkanes of at least 4 members (excludes halogenated alkanes) is 2. The highest BCUT2D eigenvalue weighted by Crippen LogP contribution is 2.49. The van der Waals surface area contributed by atoms with Crippen molar-refractivity contribution in [3.63, 3.8) is 0 Å². The van der Waals surface area contributed by atoms with Gasteiger partial charge in [0.05, 0.1) is 43.9 Å². The van der Waals surface area contributed by atoms with Gasteiger partial charge in [0.25, 0.3) is 0 Å². The maximum absolute atomic E-state index is 12.5. The Morgan fingerprint density at radius 3 is 2.08 bits per heavy atom. The number of carbonyl (C=O) groups excluding carboxylic acids is 2. The number of phosphoric acid groups is 1. The van der Waals surface area contributed by atoms with Crippen LogP contribution in [-0.4, -0.2) is 55.3 Å². The third-order valence-corrected chi connectivity index (χ3v) is 6.87. The van der Waals surface area contributed by atoms with Gasteiger partial charge in [-0.1, -0.05) is 0 Å². The molecule has 3 rings (SSSR count). The van der Waals surface area contributed by atoms with Gasteiger partial charge in [0.2, 0.25) is 11.8 Å². The molecular formula is C17H28NO7P. The topological polar surface area (TPSA) is 91.4 Å². The van der Waals surface area contributed by atoms with Crippen LogP contribution < -0.4 is 0 Å². The molecule has 8 nitrogen and oxygen atoms in total. The zero-order valence-electron chi connectivity index (χ0n) is 15.4. The van der Waals surface area contributed by atoms with Crippen LogP contribution in [0.25, 0.3) is 0 Å². The van der Waals surface area contributed by atoms with Gasteiger partial charge in [-0.05, 0) is 46.0 Å². The number of hydrogen-bond acceptors (Lipinski definition) is 7. The lowest BCUT2D eigenvalue weighted by molar-refractivity contribution is -0.142. The van der Waals surface area contributed by atoms with Gasteiger partial charge in [0, 0.05) is 6.54 Å². The first kappa shape index (κ1) is 20.0. The molecule has 0 N–H and O–H groups in total. The van der Waals surface area contributed by atoms with E-state index in [9.17, 15) is 14.2 Å². The molecule has 26 heavy (non-hydrogen) atoms. The average molecular weight is 389 g/mol. The van der Waals surface area contributed by atoms with Crippen molar-refractivity contribution >= 4 is 19.6 Å². The fraction of sp³-hybridized carbons (Fsp3) is 0.882. The molecule has 0 saturated carbocycles. The van der Waals surface area contributed by atoms with E-state index in [1.54, 1.807) is 13.8 Å². The SMILES string of the molecule is CCOP(=O)(OCC)OCCCCCN1C(=O)[C@@H]2[C@H](C1=O)[C@H]1CC[C@@H]2O1. The molecule has 3 aliphatic rings. The molecule has 3 saturated heterocycles. The molecule has 0 aliphatic carbocycles. The lowest BCUT2D eigenvalue weighted by atomic mass is 9.81. The molecule has 0 spiro atoms. The van der Waals surface area contributed by atoms with E-state index in [1.165, 1.54) is 4.90 Å². The number of imide groups is 1. The molecule has 0 aromatic heterocycles. The second kappa shape index (κ2) is 8.48. The fourth-order valence-electron chi connectivity index (χ4n) is 4.15. The number of amides is 2. The predicted octanol–water partition coefficient (Wildman–Crippen LogP) is 2.52. The van der Waals surface area contributed by atoms with Crippen molar-refractivity contribution in [2.45, 2.75) is 58.2 Å². The summed E-state index contributed by atoms with van der Waals surface area (Å²) in [4.78, 5) is 26.4. The normalized spacial score (nSPS) is 30.5.